The summed E-state index contributed by atoms with van der Waals surface area (Å²) in [6.07, 6.45) is 18.0. The molecule has 0 radical (unpaired) electrons. The molecule has 0 N–H and O–H groups in total. The van der Waals surface area contributed by atoms with Crippen LogP contribution in [-0.2, 0) is 17.4 Å². The lowest BCUT2D eigenvalue weighted by atomic mass is 10.1. The van der Waals surface area contributed by atoms with Gasteiger partial charge in [0.1, 0.15) is 0 Å². The van der Waals surface area contributed by atoms with Gasteiger partial charge in [-0.05, 0) is 92.9 Å². The standard InChI is InChI=1S/C38H43Br2OPS4/c1-3-5-7-9-11-14-18-26-22-31(45-37(26)39)33-24-29-35(43-33)36-30(42(29,41)28-20-16-13-17-21-28)25-34(44-36)32-23-27(38(40)46-32)19-15-12-10-8-6-4-2/h13,16-17,20-25H,3-12,14-15,18-19H2,1-2H3. The highest BCUT2D eigenvalue weighted by molar-refractivity contribution is 9.11. The van der Waals surface area contributed by atoms with Crippen molar-refractivity contribution in [2.45, 2.75) is 104 Å². The molecular weight excluding hydrogens is 791 g/mol. The minimum Gasteiger partial charge on any atom is -0.309 e. The second-order valence-electron chi connectivity index (χ2n) is 12.4. The average Bonchev–Trinajstić information content (AvgIpc) is 3.88. The fraction of sp³-hybridized carbons (Fsp3) is 0.421. The highest BCUT2D eigenvalue weighted by Gasteiger charge is 2.44. The van der Waals surface area contributed by atoms with Gasteiger partial charge in [0, 0.05) is 35.4 Å². The molecule has 0 saturated carbocycles. The molecule has 5 heterocycles. The van der Waals surface area contributed by atoms with E-state index in [1.807, 2.05) is 63.5 Å². The zero-order chi connectivity index (χ0) is 32.1. The number of halogens is 2. The van der Waals surface area contributed by atoms with Crippen molar-refractivity contribution in [3.05, 3.63) is 73.3 Å². The van der Waals surface area contributed by atoms with Gasteiger partial charge in [-0.3, -0.25) is 0 Å². The molecule has 0 fully saturated rings. The SMILES string of the molecule is CCCCCCCCc1cc(-c2cc3c(s2)-c2sc(-c4cc(CCCCCCCC)c(Br)s4)cc2P3(=O)c2ccccc2)sc1Br. The minimum atomic E-state index is -2.97. The third kappa shape index (κ3) is 7.52. The molecule has 0 unspecified atom stereocenters. The van der Waals surface area contributed by atoms with Gasteiger partial charge in [0.05, 0.1) is 17.3 Å². The Hall–Kier alpha value is -0.790. The quantitative estimate of drug-likeness (QED) is 0.0661. The number of unbranched alkanes of at least 4 members (excludes halogenated alkanes) is 10. The van der Waals surface area contributed by atoms with E-state index in [0.29, 0.717) is 0 Å². The van der Waals surface area contributed by atoms with Crippen LogP contribution in [0.25, 0.3) is 29.3 Å². The second kappa shape index (κ2) is 16.3. The van der Waals surface area contributed by atoms with Crippen LogP contribution in [0.2, 0.25) is 0 Å². The van der Waals surface area contributed by atoms with Gasteiger partial charge in [-0.25, -0.2) is 0 Å². The first-order valence-corrected chi connectivity index (χ1v) is 23.5. The van der Waals surface area contributed by atoms with Crippen molar-refractivity contribution in [1.82, 2.24) is 0 Å². The van der Waals surface area contributed by atoms with Gasteiger partial charge in [-0.1, -0.05) is 108 Å². The summed E-state index contributed by atoms with van der Waals surface area (Å²) in [5, 5.41) is 3.00. The van der Waals surface area contributed by atoms with E-state index in [-0.39, 0.29) is 0 Å². The molecule has 4 aromatic heterocycles. The molecule has 8 heteroatoms. The van der Waals surface area contributed by atoms with Crippen LogP contribution in [-0.4, -0.2) is 0 Å². The Morgan fingerprint density at radius 3 is 1.41 bits per heavy atom. The van der Waals surface area contributed by atoms with Gasteiger partial charge >= 0.3 is 0 Å². The Morgan fingerprint density at radius 1 is 0.543 bits per heavy atom. The molecule has 6 rings (SSSR count). The van der Waals surface area contributed by atoms with E-state index >= 15 is 4.57 Å². The maximum absolute atomic E-state index is 15.4. The summed E-state index contributed by atoms with van der Waals surface area (Å²) in [6.45, 7) is 4.55. The maximum Gasteiger partial charge on any atom is 0.174 e. The molecule has 0 amide bonds. The summed E-state index contributed by atoms with van der Waals surface area (Å²) in [5.74, 6) is 0. The molecule has 0 aliphatic carbocycles. The van der Waals surface area contributed by atoms with Gasteiger partial charge in [-0.15, -0.1) is 45.3 Å². The number of hydrogen-bond donors (Lipinski definition) is 0. The van der Waals surface area contributed by atoms with Crippen LogP contribution in [0.1, 0.15) is 102 Å². The summed E-state index contributed by atoms with van der Waals surface area (Å²) < 4.78 is 17.9. The van der Waals surface area contributed by atoms with Crippen molar-refractivity contribution in [2.24, 2.45) is 0 Å². The van der Waals surface area contributed by atoms with Gasteiger partial charge in [0.15, 0.2) is 7.14 Å². The molecule has 0 bridgehead atoms. The third-order valence-corrected chi connectivity index (χ3v) is 19.2. The topological polar surface area (TPSA) is 17.1 Å². The van der Waals surface area contributed by atoms with Crippen molar-refractivity contribution in [3.8, 4) is 29.3 Å². The molecule has 0 spiro atoms. The molecule has 46 heavy (non-hydrogen) atoms. The number of thiophene rings is 4. The molecule has 5 aromatic rings. The normalized spacial score (nSPS) is 13.4. The average molecular weight is 835 g/mol. The number of benzene rings is 1. The van der Waals surface area contributed by atoms with Crippen molar-refractivity contribution in [3.63, 3.8) is 0 Å². The van der Waals surface area contributed by atoms with Crippen LogP contribution >= 0.6 is 84.3 Å². The van der Waals surface area contributed by atoms with Gasteiger partial charge in [0.2, 0.25) is 0 Å². The lowest BCUT2D eigenvalue weighted by Gasteiger charge is -2.13. The minimum absolute atomic E-state index is 0.941. The van der Waals surface area contributed by atoms with E-state index in [1.165, 1.54) is 125 Å². The molecule has 1 aromatic carbocycles. The first-order valence-electron chi connectivity index (χ1n) is 17.0. The van der Waals surface area contributed by atoms with E-state index in [4.69, 9.17) is 0 Å². The Morgan fingerprint density at radius 2 is 0.957 bits per heavy atom. The number of fused-ring (bicyclic) bond motifs is 3. The third-order valence-electron chi connectivity index (χ3n) is 9.03. The Balaban J connectivity index is 1.27. The maximum atomic E-state index is 15.4. The van der Waals surface area contributed by atoms with E-state index in [2.05, 4.69) is 82.1 Å². The lowest BCUT2D eigenvalue weighted by Crippen LogP contribution is -2.19. The summed E-state index contributed by atoms with van der Waals surface area (Å²) in [5.41, 5.74) is 2.82. The zero-order valence-electron chi connectivity index (χ0n) is 26.8. The van der Waals surface area contributed by atoms with E-state index < -0.39 is 7.14 Å². The smallest absolute Gasteiger partial charge is 0.174 e. The summed E-state index contributed by atoms with van der Waals surface area (Å²) in [7, 11) is -2.97. The predicted molar refractivity (Wildman–Crippen MR) is 217 cm³/mol. The second-order valence-corrected chi connectivity index (χ2v) is 22.0. The molecule has 0 atom stereocenters. The van der Waals surface area contributed by atoms with E-state index in [9.17, 15) is 0 Å². The fourth-order valence-electron chi connectivity index (χ4n) is 6.43. The van der Waals surface area contributed by atoms with Crippen LogP contribution < -0.4 is 15.9 Å². The largest absolute Gasteiger partial charge is 0.309 e. The Bertz CT molecular complexity index is 1690. The molecule has 0 saturated heterocycles. The lowest BCUT2D eigenvalue weighted by molar-refractivity contribution is 0.593. The van der Waals surface area contributed by atoms with Crippen LogP contribution in [0, 0.1) is 0 Å². The van der Waals surface area contributed by atoms with Gasteiger partial charge in [-0.2, -0.15) is 0 Å². The van der Waals surface area contributed by atoms with E-state index in [1.54, 1.807) is 0 Å². The van der Waals surface area contributed by atoms with Crippen LogP contribution in [0.3, 0.4) is 0 Å². The summed E-state index contributed by atoms with van der Waals surface area (Å²) in [6, 6.07) is 19.5. The molecule has 1 aliphatic rings. The first-order chi connectivity index (χ1) is 22.4. The molecule has 244 valence electrons. The van der Waals surface area contributed by atoms with Crippen LogP contribution in [0.4, 0.5) is 0 Å². The van der Waals surface area contributed by atoms with Crippen LogP contribution in [0.5, 0.6) is 0 Å². The van der Waals surface area contributed by atoms with Crippen LogP contribution in [0.15, 0.2) is 62.2 Å². The Kier molecular flexibility index (Phi) is 12.4. The number of aryl methyl sites for hydroxylation is 2. The summed E-state index contributed by atoms with van der Waals surface area (Å²) >= 11 is 15.1. The monoisotopic (exact) mass is 832 g/mol. The zero-order valence-corrected chi connectivity index (χ0v) is 34.2. The summed E-state index contributed by atoms with van der Waals surface area (Å²) in [4.78, 5) is 7.46. The number of rotatable bonds is 17. The molecule has 1 aliphatic heterocycles. The first kappa shape index (κ1) is 35.1. The molecular formula is C38H43Br2OPS4. The van der Waals surface area contributed by atoms with Crippen molar-refractivity contribution in [1.29, 1.82) is 0 Å². The fourth-order valence-corrected chi connectivity index (χ4v) is 16.6. The van der Waals surface area contributed by atoms with Crippen molar-refractivity contribution in [2.75, 3.05) is 0 Å². The number of hydrogen-bond acceptors (Lipinski definition) is 5. The Labute approximate surface area is 308 Å². The van der Waals surface area contributed by atoms with Crippen molar-refractivity contribution < 1.29 is 4.57 Å². The van der Waals surface area contributed by atoms with Crippen molar-refractivity contribution >= 4 is 100 Å². The predicted octanol–water partition coefficient (Wildman–Crippen LogP) is 14.2. The highest BCUT2D eigenvalue weighted by Crippen LogP contribution is 2.59. The van der Waals surface area contributed by atoms with E-state index in [0.717, 1.165) is 28.8 Å². The molecule has 1 nitrogen and oxygen atoms in total. The highest BCUT2D eigenvalue weighted by atomic mass is 79.9. The van der Waals surface area contributed by atoms with Gasteiger partial charge in [0.25, 0.3) is 0 Å². The van der Waals surface area contributed by atoms with Gasteiger partial charge < -0.3 is 4.57 Å².